The van der Waals surface area contributed by atoms with Gasteiger partial charge in [0.25, 0.3) is 5.56 Å². The van der Waals surface area contributed by atoms with E-state index in [2.05, 4.69) is 26.7 Å². The molecule has 146 valence electrons. The summed E-state index contributed by atoms with van der Waals surface area (Å²) >= 11 is 1.37. The van der Waals surface area contributed by atoms with Gasteiger partial charge in [0.1, 0.15) is 17.6 Å². The van der Waals surface area contributed by atoms with Crippen LogP contribution in [0.15, 0.2) is 11.1 Å². The average Bonchev–Trinajstić information content (AvgIpc) is 3.16. The number of likely N-dealkylation sites (N-methyl/N-ethyl adjacent to an activating group) is 1. The molecular formula is C17H24N6O3S. The minimum Gasteiger partial charge on any atom is -0.378 e. The molecular weight excluding hydrogens is 368 g/mol. The standard InChI is InChI=1S/C17H24N6O3S/c1-2-20-3-5-22(6-4-20)17-19-15-14(27-17)16(25)23(12-18-15)11-13(24)21-7-9-26-10-8-21/h12H,2-11H2,1H3. The van der Waals surface area contributed by atoms with E-state index >= 15 is 0 Å². The fraction of sp³-hybridized carbons (Fsp3) is 0.647. The van der Waals surface area contributed by atoms with Crippen LogP contribution >= 0.6 is 11.3 Å². The molecule has 2 fully saturated rings. The maximum absolute atomic E-state index is 12.8. The van der Waals surface area contributed by atoms with Gasteiger partial charge in [0.05, 0.1) is 13.2 Å². The van der Waals surface area contributed by atoms with E-state index < -0.39 is 0 Å². The van der Waals surface area contributed by atoms with Gasteiger partial charge >= 0.3 is 0 Å². The van der Waals surface area contributed by atoms with Crippen LogP contribution in [0.5, 0.6) is 0 Å². The number of fused-ring (bicyclic) bond motifs is 1. The van der Waals surface area contributed by atoms with Gasteiger partial charge < -0.3 is 19.4 Å². The van der Waals surface area contributed by atoms with Crippen LogP contribution in [0.3, 0.4) is 0 Å². The van der Waals surface area contributed by atoms with Crippen molar-refractivity contribution >= 4 is 32.7 Å². The highest BCUT2D eigenvalue weighted by molar-refractivity contribution is 7.22. The number of carbonyl (C=O) groups is 1. The Morgan fingerprint density at radius 3 is 2.63 bits per heavy atom. The summed E-state index contributed by atoms with van der Waals surface area (Å²) in [5.74, 6) is -0.0815. The zero-order chi connectivity index (χ0) is 18.8. The number of carbonyl (C=O) groups excluding carboxylic acids is 1. The summed E-state index contributed by atoms with van der Waals surface area (Å²) in [6.45, 7) is 9.24. The number of amides is 1. The Labute approximate surface area is 161 Å². The molecule has 0 N–H and O–H groups in total. The summed E-state index contributed by atoms with van der Waals surface area (Å²) < 4.78 is 7.17. The number of aromatic nitrogens is 3. The molecule has 2 aromatic rings. The number of hydrogen-bond donors (Lipinski definition) is 0. The largest absolute Gasteiger partial charge is 0.378 e. The summed E-state index contributed by atoms with van der Waals surface area (Å²) in [5, 5.41) is 0.836. The average molecular weight is 392 g/mol. The molecule has 2 aliphatic rings. The van der Waals surface area contributed by atoms with Crippen molar-refractivity contribution in [2.75, 3.05) is 63.9 Å². The van der Waals surface area contributed by atoms with Crippen LogP contribution in [0.25, 0.3) is 10.3 Å². The van der Waals surface area contributed by atoms with Gasteiger partial charge in [0.15, 0.2) is 10.8 Å². The number of morpholine rings is 1. The summed E-state index contributed by atoms with van der Waals surface area (Å²) in [4.78, 5) is 40.4. The lowest BCUT2D eigenvalue weighted by Crippen LogP contribution is -2.46. The first kappa shape index (κ1) is 18.3. The van der Waals surface area contributed by atoms with Gasteiger partial charge in [0.2, 0.25) is 5.91 Å². The number of hydrogen-bond acceptors (Lipinski definition) is 8. The first-order chi connectivity index (χ1) is 13.2. The molecule has 0 atom stereocenters. The minimum atomic E-state index is -0.197. The van der Waals surface area contributed by atoms with Crippen molar-refractivity contribution in [2.24, 2.45) is 0 Å². The Morgan fingerprint density at radius 2 is 1.93 bits per heavy atom. The molecule has 0 aliphatic carbocycles. The van der Waals surface area contributed by atoms with Gasteiger partial charge in [-0.3, -0.25) is 14.2 Å². The Bertz CT molecular complexity index is 867. The SMILES string of the molecule is CCN1CCN(c2nc3ncn(CC(=O)N4CCOCC4)c(=O)c3s2)CC1. The maximum Gasteiger partial charge on any atom is 0.273 e. The molecule has 2 saturated heterocycles. The summed E-state index contributed by atoms with van der Waals surface area (Å²) in [6.07, 6.45) is 1.43. The van der Waals surface area contributed by atoms with Crippen LogP contribution < -0.4 is 10.5 Å². The van der Waals surface area contributed by atoms with Gasteiger partial charge in [0, 0.05) is 39.3 Å². The summed E-state index contributed by atoms with van der Waals surface area (Å²) in [7, 11) is 0. The first-order valence-electron chi connectivity index (χ1n) is 9.34. The molecule has 0 radical (unpaired) electrons. The molecule has 0 saturated carbocycles. The van der Waals surface area contributed by atoms with Crippen molar-refractivity contribution in [2.45, 2.75) is 13.5 Å². The molecule has 0 spiro atoms. The van der Waals surface area contributed by atoms with Gasteiger partial charge in [-0.2, -0.15) is 4.98 Å². The molecule has 2 aliphatic heterocycles. The lowest BCUT2D eigenvalue weighted by atomic mass is 10.3. The topological polar surface area (TPSA) is 83.8 Å². The number of anilines is 1. The zero-order valence-electron chi connectivity index (χ0n) is 15.5. The summed E-state index contributed by atoms with van der Waals surface area (Å²) in [5.41, 5.74) is 0.269. The first-order valence-corrected chi connectivity index (χ1v) is 10.2. The number of piperazine rings is 1. The highest BCUT2D eigenvalue weighted by Gasteiger charge is 2.22. The van der Waals surface area contributed by atoms with Crippen molar-refractivity contribution in [3.05, 3.63) is 16.7 Å². The molecule has 9 nitrogen and oxygen atoms in total. The van der Waals surface area contributed by atoms with Crippen LogP contribution in [0.2, 0.25) is 0 Å². The van der Waals surface area contributed by atoms with E-state index in [4.69, 9.17) is 4.74 Å². The van der Waals surface area contributed by atoms with Gasteiger partial charge in [-0.15, -0.1) is 0 Å². The Morgan fingerprint density at radius 1 is 1.19 bits per heavy atom. The second-order valence-corrected chi connectivity index (χ2v) is 7.72. The number of ether oxygens (including phenoxy) is 1. The van der Waals surface area contributed by atoms with E-state index in [1.165, 1.54) is 22.2 Å². The normalized spacial score (nSPS) is 19.0. The molecule has 0 aromatic carbocycles. The molecule has 27 heavy (non-hydrogen) atoms. The quantitative estimate of drug-likeness (QED) is 0.716. The third kappa shape index (κ3) is 3.83. The highest BCUT2D eigenvalue weighted by atomic mass is 32.1. The molecule has 0 bridgehead atoms. The number of nitrogens with zero attached hydrogens (tertiary/aromatic N) is 6. The zero-order valence-corrected chi connectivity index (χ0v) is 16.3. The minimum absolute atomic E-state index is 0.00415. The fourth-order valence-corrected chi connectivity index (χ4v) is 4.42. The number of rotatable bonds is 4. The molecule has 0 unspecified atom stereocenters. The Kier molecular flexibility index (Phi) is 5.37. The highest BCUT2D eigenvalue weighted by Crippen LogP contribution is 2.26. The number of thiazole rings is 1. The molecule has 4 rings (SSSR count). The van der Waals surface area contributed by atoms with Crippen LogP contribution in [0.4, 0.5) is 5.13 Å². The Balaban J connectivity index is 1.52. The second-order valence-electron chi connectivity index (χ2n) is 6.74. The van der Waals surface area contributed by atoms with Crippen LogP contribution in [0.1, 0.15) is 6.92 Å². The van der Waals surface area contributed by atoms with Crippen LogP contribution in [-0.4, -0.2) is 89.3 Å². The lowest BCUT2D eigenvalue weighted by molar-refractivity contribution is -0.135. The van der Waals surface area contributed by atoms with E-state index in [0.717, 1.165) is 37.9 Å². The van der Waals surface area contributed by atoms with Gasteiger partial charge in [-0.1, -0.05) is 18.3 Å². The van der Waals surface area contributed by atoms with Gasteiger partial charge in [-0.05, 0) is 6.54 Å². The van der Waals surface area contributed by atoms with Gasteiger partial charge in [-0.25, -0.2) is 4.98 Å². The predicted molar refractivity (Wildman–Crippen MR) is 103 cm³/mol. The monoisotopic (exact) mass is 392 g/mol. The van der Waals surface area contributed by atoms with E-state index in [1.54, 1.807) is 4.90 Å². The van der Waals surface area contributed by atoms with Crippen LogP contribution in [0, 0.1) is 0 Å². The third-order valence-electron chi connectivity index (χ3n) is 5.13. The van der Waals surface area contributed by atoms with E-state index in [0.29, 0.717) is 36.7 Å². The van der Waals surface area contributed by atoms with E-state index in [1.807, 2.05) is 0 Å². The van der Waals surface area contributed by atoms with Crippen LogP contribution in [-0.2, 0) is 16.1 Å². The van der Waals surface area contributed by atoms with Crippen molar-refractivity contribution in [1.82, 2.24) is 24.3 Å². The fourth-order valence-electron chi connectivity index (χ4n) is 3.40. The summed E-state index contributed by atoms with van der Waals surface area (Å²) in [6, 6.07) is 0. The molecule has 2 aromatic heterocycles. The van der Waals surface area contributed by atoms with E-state index in [-0.39, 0.29) is 18.0 Å². The van der Waals surface area contributed by atoms with Crippen molar-refractivity contribution in [1.29, 1.82) is 0 Å². The molecule has 1 amide bonds. The Hall–Kier alpha value is -2.04. The lowest BCUT2D eigenvalue weighted by Gasteiger charge is -2.33. The maximum atomic E-state index is 12.8. The third-order valence-corrected chi connectivity index (χ3v) is 6.23. The second kappa shape index (κ2) is 7.91. The molecule has 4 heterocycles. The van der Waals surface area contributed by atoms with Crippen molar-refractivity contribution < 1.29 is 9.53 Å². The smallest absolute Gasteiger partial charge is 0.273 e. The van der Waals surface area contributed by atoms with Crippen molar-refractivity contribution in [3.63, 3.8) is 0 Å². The van der Waals surface area contributed by atoms with Crippen molar-refractivity contribution in [3.8, 4) is 0 Å². The van der Waals surface area contributed by atoms with E-state index in [9.17, 15) is 9.59 Å². The molecule has 10 heteroatoms. The predicted octanol–water partition coefficient (Wildman–Crippen LogP) is -0.146.